The van der Waals surface area contributed by atoms with Crippen LogP contribution in [-0.2, 0) is 4.79 Å². The number of carbonyl (C=O) groups excluding carboxylic acids is 1. The number of amides is 1. The predicted molar refractivity (Wildman–Crippen MR) is 115 cm³/mol. The van der Waals surface area contributed by atoms with E-state index in [9.17, 15) is 9.59 Å². The van der Waals surface area contributed by atoms with Gasteiger partial charge in [-0.15, -0.1) is 10.2 Å². The molecule has 10 heteroatoms. The van der Waals surface area contributed by atoms with E-state index in [0.717, 1.165) is 10.2 Å². The molecule has 0 saturated heterocycles. The van der Waals surface area contributed by atoms with Crippen LogP contribution in [0.3, 0.4) is 0 Å². The first kappa shape index (κ1) is 20.9. The molecule has 1 N–H and O–H groups in total. The predicted octanol–water partition coefficient (Wildman–Crippen LogP) is 2.11. The summed E-state index contributed by atoms with van der Waals surface area (Å²) in [5.41, 5.74) is 1.60. The smallest absolute Gasteiger partial charge is 0.267 e. The van der Waals surface area contributed by atoms with Gasteiger partial charge in [0.1, 0.15) is 18.3 Å². The molecular weight excluding hydrogens is 412 g/mol. The van der Waals surface area contributed by atoms with Crippen LogP contribution in [0.2, 0.25) is 0 Å². The molecule has 0 spiro atoms. The van der Waals surface area contributed by atoms with E-state index in [2.05, 4.69) is 25.6 Å². The van der Waals surface area contributed by atoms with Gasteiger partial charge < -0.3 is 14.5 Å². The molecule has 4 rings (SSSR count). The highest BCUT2D eigenvalue weighted by molar-refractivity contribution is 5.79. The molecule has 0 aliphatic rings. The Bertz CT molecular complexity index is 1220. The molecule has 162 valence electrons. The van der Waals surface area contributed by atoms with Crippen LogP contribution in [0.4, 0.5) is 0 Å². The van der Waals surface area contributed by atoms with Crippen molar-refractivity contribution >= 4 is 5.91 Å². The number of carbonyl (C=O) groups is 1. The second kappa shape index (κ2) is 9.65. The SMILES string of the molecule is CC(C(=O)NCCOc1ccc(-c2ccco2)nn1)n1nc(-c2ccncc2)ccc1=O. The van der Waals surface area contributed by atoms with Crippen LogP contribution in [-0.4, -0.2) is 44.0 Å². The summed E-state index contributed by atoms with van der Waals surface area (Å²) in [7, 11) is 0. The normalized spacial score (nSPS) is 11.7. The maximum atomic E-state index is 12.5. The largest absolute Gasteiger partial charge is 0.475 e. The van der Waals surface area contributed by atoms with Gasteiger partial charge in [-0.25, -0.2) is 4.68 Å². The number of rotatable bonds is 8. The highest BCUT2D eigenvalue weighted by Crippen LogP contribution is 2.18. The molecule has 0 bridgehead atoms. The molecule has 4 aromatic rings. The number of ether oxygens (including phenoxy) is 1. The van der Waals surface area contributed by atoms with Gasteiger partial charge in [0, 0.05) is 30.1 Å². The number of aromatic nitrogens is 5. The molecule has 0 aromatic carbocycles. The Kier molecular flexibility index (Phi) is 6.30. The van der Waals surface area contributed by atoms with Crippen LogP contribution < -0.4 is 15.6 Å². The van der Waals surface area contributed by atoms with Crippen LogP contribution in [0.15, 0.2) is 76.4 Å². The number of hydrogen-bond acceptors (Lipinski definition) is 8. The Morgan fingerprint density at radius 2 is 1.91 bits per heavy atom. The molecule has 10 nitrogen and oxygen atoms in total. The van der Waals surface area contributed by atoms with Gasteiger partial charge >= 0.3 is 0 Å². The second-order valence-electron chi connectivity index (χ2n) is 6.79. The van der Waals surface area contributed by atoms with Crippen molar-refractivity contribution in [2.45, 2.75) is 13.0 Å². The quantitative estimate of drug-likeness (QED) is 0.420. The van der Waals surface area contributed by atoms with Gasteiger partial charge in [-0.3, -0.25) is 14.6 Å². The zero-order valence-electron chi connectivity index (χ0n) is 17.2. The fourth-order valence-electron chi connectivity index (χ4n) is 2.92. The molecule has 0 aliphatic heterocycles. The van der Waals surface area contributed by atoms with Gasteiger partial charge in [0.2, 0.25) is 11.8 Å². The fourth-order valence-corrected chi connectivity index (χ4v) is 2.92. The van der Waals surface area contributed by atoms with Crippen molar-refractivity contribution in [1.82, 2.24) is 30.3 Å². The summed E-state index contributed by atoms with van der Waals surface area (Å²) in [6.07, 6.45) is 4.83. The van der Waals surface area contributed by atoms with E-state index in [-0.39, 0.29) is 24.6 Å². The van der Waals surface area contributed by atoms with Gasteiger partial charge in [0.05, 0.1) is 18.5 Å². The van der Waals surface area contributed by atoms with Crippen LogP contribution in [0.25, 0.3) is 22.7 Å². The lowest BCUT2D eigenvalue weighted by molar-refractivity contribution is -0.124. The third kappa shape index (κ3) is 4.86. The van der Waals surface area contributed by atoms with Crippen LogP contribution in [0.5, 0.6) is 5.88 Å². The van der Waals surface area contributed by atoms with E-state index in [0.29, 0.717) is 23.0 Å². The number of hydrogen-bond donors (Lipinski definition) is 1. The van der Waals surface area contributed by atoms with Crippen molar-refractivity contribution in [2.24, 2.45) is 0 Å². The van der Waals surface area contributed by atoms with Gasteiger partial charge in [-0.1, -0.05) is 0 Å². The molecule has 4 aromatic heterocycles. The molecule has 1 atom stereocenters. The summed E-state index contributed by atoms with van der Waals surface area (Å²) in [5.74, 6) is 0.585. The molecule has 1 unspecified atom stereocenters. The number of nitrogens with zero attached hydrogens (tertiary/aromatic N) is 5. The zero-order chi connectivity index (χ0) is 22.3. The van der Waals surface area contributed by atoms with Crippen LogP contribution in [0, 0.1) is 0 Å². The standard InChI is InChI=1S/C22H20N6O4/c1-15(28-21(29)7-5-17(27-28)16-8-10-23-11-9-16)22(30)24-12-14-32-20-6-4-18(25-26-20)19-3-2-13-31-19/h2-11,13,15H,12,14H2,1H3,(H,24,30). The Labute approximate surface area is 182 Å². The molecular formula is C22H20N6O4. The second-order valence-corrected chi connectivity index (χ2v) is 6.79. The Morgan fingerprint density at radius 3 is 2.62 bits per heavy atom. The van der Waals surface area contributed by atoms with E-state index >= 15 is 0 Å². The summed E-state index contributed by atoms with van der Waals surface area (Å²) in [6, 6.07) is 12.7. The topological polar surface area (TPSA) is 125 Å². The van der Waals surface area contributed by atoms with E-state index in [4.69, 9.17) is 9.15 Å². The maximum absolute atomic E-state index is 12.5. The summed E-state index contributed by atoms with van der Waals surface area (Å²) in [6.45, 7) is 2.02. The summed E-state index contributed by atoms with van der Waals surface area (Å²) in [4.78, 5) is 28.7. The van der Waals surface area contributed by atoms with Crippen molar-refractivity contribution in [3.8, 4) is 28.6 Å². The zero-order valence-corrected chi connectivity index (χ0v) is 17.2. The van der Waals surface area contributed by atoms with Crippen molar-refractivity contribution in [3.05, 3.63) is 77.5 Å². The van der Waals surface area contributed by atoms with Crippen LogP contribution >= 0.6 is 0 Å². The van der Waals surface area contributed by atoms with E-state index < -0.39 is 6.04 Å². The highest BCUT2D eigenvalue weighted by atomic mass is 16.5. The molecule has 32 heavy (non-hydrogen) atoms. The molecule has 0 fully saturated rings. The minimum atomic E-state index is -0.795. The highest BCUT2D eigenvalue weighted by Gasteiger charge is 2.17. The Morgan fingerprint density at radius 1 is 1.09 bits per heavy atom. The fraction of sp³-hybridized carbons (Fsp3) is 0.182. The van der Waals surface area contributed by atoms with Gasteiger partial charge in [-0.2, -0.15) is 5.10 Å². The first-order chi connectivity index (χ1) is 15.6. The molecule has 1 amide bonds. The third-order valence-corrected chi connectivity index (χ3v) is 4.61. The minimum absolute atomic E-state index is 0.187. The lowest BCUT2D eigenvalue weighted by atomic mass is 10.2. The average Bonchev–Trinajstić information content (AvgIpc) is 3.37. The first-order valence-electron chi connectivity index (χ1n) is 9.90. The molecule has 4 heterocycles. The third-order valence-electron chi connectivity index (χ3n) is 4.61. The first-order valence-corrected chi connectivity index (χ1v) is 9.90. The van der Waals surface area contributed by atoms with Gasteiger partial charge in [0.25, 0.3) is 5.56 Å². The Balaban J connectivity index is 1.31. The van der Waals surface area contributed by atoms with E-state index in [1.165, 1.54) is 6.07 Å². The number of nitrogens with one attached hydrogen (secondary N) is 1. The van der Waals surface area contributed by atoms with E-state index in [1.54, 1.807) is 68.0 Å². The monoisotopic (exact) mass is 432 g/mol. The number of furan rings is 1. The lowest BCUT2D eigenvalue weighted by Crippen LogP contribution is -2.38. The van der Waals surface area contributed by atoms with E-state index in [1.807, 2.05) is 0 Å². The molecule has 0 radical (unpaired) electrons. The molecule has 0 saturated carbocycles. The summed E-state index contributed by atoms with van der Waals surface area (Å²) in [5, 5.41) is 15.1. The van der Waals surface area contributed by atoms with Crippen molar-refractivity contribution in [1.29, 1.82) is 0 Å². The van der Waals surface area contributed by atoms with Crippen LogP contribution in [0.1, 0.15) is 13.0 Å². The molecule has 0 aliphatic carbocycles. The lowest BCUT2D eigenvalue weighted by Gasteiger charge is -2.15. The summed E-state index contributed by atoms with van der Waals surface area (Å²) < 4.78 is 11.9. The number of pyridine rings is 1. The van der Waals surface area contributed by atoms with Crippen molar-refractivity contribution < 1.29 is 13.9 Å². The van der Waals surface area contributed by atoms with Gasteiger partial charge in [-0.05, 0) is 43.3 Å². The average molecular weight is 432 g/mol. The van der Waals surface area contributed by atoms with Crippen molar-refractivity contribution in [2.75, 3.05) is 13.2 Å². The maximum Gasteiger partial charge on any atom is 0.267 e. The van der Waals surface area contributed by atoms with Gasteiger partial charge in [0.15, 0.2) is 5.76 Å². The van der Waals surface area contributed by atoms with Crippen molar-refractivity contribution in [3.63, 3.8) is 0 Å². The minimum Gasteiger partial charge on any atom is -0.475 e. The summed E-state index contributed by atoms with van der Waals surface area (Å²) >= 11 is 0. The Hall–Kier alpha value is -4.34.